The molecule has 0 spiro atoms. The third-order valence-electron chi connectivity index (χ3n) is 3.45. The summed E-state index contributed by atoms with van der Waals surface area (Å²) in [6.07, 6.45) is 3.95. The molecule has 1 aliphatic rings. The van der Waals surface area contributed by atoms with Crippen LogP contribution in [-0.2, 0) is 13.1 Å². The van der Waals surface area contributed by atoms with Gasteiger partial charge in [0.1, 0.15) is 0 Å². The summed E-state index contributed by atoms with van der Waals surface area (Å²) in [5.74, 6) is 0. The van der Waals surface area contributed by atoms with Crippen molar-refractivity contribution < 1.29 is 0 Å². The van der Waals surface area contributed by atoms with Crippen molar-refractivity contribution in [3.05, 3.63) is 35.4 Å². The molecular formula is C15H24N2. The molecule has 2 rings (SSSR count). The molecule has 1 aromatic carbocycles. The van der Waals surface area contributed by atoms with Crippen LogP contribution in [0.1, 0.15) is 37.3 Å². The molecular weight excluding hydrogens is 208 g/mol. The molecule has 1 fully saturated rings. The van der Waals surface area contributed by atoms with Crippen molar-refractivity contribution in [1.82, 2.24) is 10.2 Å². The van der Waals surface area contributed by atoms with E-state index in [9.17, 15) is 0 Å². The number of hydrogen-bond acceptors (Lipinski definition) is 2. The summed E-state index contributed by atoms with van der Waals surface area (Å²) in [5.41, 5.74) is 2.96. The number of hydrogen-bond donors (Lipinski definition) is 1. The van der Waals surface area contributed by atoms with E-state index in [1.165, 1.54) is 43.5 Å². The van der Waals surface area contributed by atoms with E-state index in [2.05, 4.69) is 41.4 Å². The van der Waals surface area contributed by atoms with Gasteiger partial charge in [0, 0.05) is 13.1 Å². The zero-order valence-electron chi connectivity index (χ0n) is 10.9. The van der Waals surface area contributed by atoms with Crippen molar-refractivity contribution in [2.45, 2.75) is 39.3 Å². The Hall–Kier alpha value is -0.860. The van der Waals surface area contributed by atoms with E-state index in [0.29, 0.717) is 0 Å². The fraction of sp³-hybridized carbons (Fsp3) is 0.600. The lowest BCUT2D eigenvalue weighted by atomic mass is 10.1. The number of benzene rings is 1. The molecule has 1 aromatic rings. The Morgan fingerprint density at radius 3 is 2.53 bits per heavy atom. The summed E-state index contributed by atoms with van der Waals surface area (Å²) >= 11 is 0. The van der Waals surface area contributed by atoms with E-state index >= 15 is 0 Å². The molecule has 0 amide bonds. The van der Waals surface area contributed by atoms with Crippen molar-refractivity contribution >= 4 is 0 Å². The molecule has 1 aliphatic heterocycles. The molecule has 1 saturated heterocycles. The lowest BCUT2D eigenvalue weighted by Crippen LogP contribution is -2.21. The van der Waals surface area contributed by atoms with Gasteiger partial charge in [0.15, 0.2) is 0 Å². The Labute approximate surface area is 105 Å². The molecule has 94 valence electrons. The molecule has 0 unspecified atom stereocenters. The molecule has 0 aliphatic carbocycles. The van der Waals surface area contributed by atoms with Gasteiger partial charge in [-0.25, -0.2) is 0 Å². The van der Waals surface area contributed by atoms with Gasteiger partial charge in [-0.1, -0.05) is 31.2 Å². The van der Waals surface area contributed by atoms with Crippen LogP contribution in [0.4, 0.5) is 0 Å². The van der Waals surface area contributed by atoms with Gasteiger partial charge < -0.3 is 5.32 Å². The van der Waals surface area contributed by atoms with Crippen LogP contribution in [0.2, 0.25) is 0 Å². The molecule has 0 saturated carbocycles. The third kappa shape index (κ3) is 3.83. The smallest absolute Gasteiger partial charge is 0.0236 e. The summed E-state index contributed by atoms with van der Waals surface area (Å²) in [6.45, 7) is 8.01. The number of likely N-dealkylation sites (tertiary alicyclic amines) is 1. The molecule has 0 aromatic heterocycles. The topological polar surface area (TPSA) is 15.3 Å². The van der Waals surface area contributed by atoms with Crippen molar-refractivity contribution in [3.8, 4) is 0 Å². The van der Waals surface area contributed by atoms with Gasteiger partial charge in [-0.05, 0) is 50.0 Å². The fourth-order valence-corrected chi connectivity index (χ4v) is 2.47. The van der Waals surface area contributed by atoms with E-state index in [1.807, 2.05) is 0 Å². The summed E-state index contributed by atoms with van der Waals surface area (Å²) in [7, 11) is 0. The summed E-state index contributed by atoms with van der Waals surface area (Å²) < 4.78 is 0. The largest absolute Gasteiger partial charge is 0.313 e. The highest BCUT2D eigenvalue weighted by atomic mass is 15.1. The SMILES string of the molecule is CCCNCc1ccccc1CN1CCCC1. The van der Waals surface area contributed by atoms with Crippen LogP contribution >= 0.6 is 0 Å². The Bertz CT molecular complexity index is 329. The van der Waals surface area contributed by atoms with Crippen molar-refractivity contribution in [3.63, 3.8) is 0 Å². The minimum atomic E-state index is 1.01. The van der Waals surface area contributed by atoms with E-state index in [4.69, 9.17) is 0 Å². The highest BCUT2D eigenvalue weighted by molar-refractivity contribution is 5.27. The van der Waals surface area contributed by atoms with Gasteiger partial charge >= 0.3 is 0 Å². The van der Waals surface area contributed by atoms with Crippen LogP contribution in [0.25, 0.3) is 0 Å². The predicted octanol–water partition coefficient (Wildman–Crippen LogP) is 2.78. The number of nitrogens with zero attached hydrogens (tertiary/aromatic N) is 1. The quantitative estimate of drug-likeness (QED) is 0.759. The highest BCUT2D eigenvalue weighted by Crippen LogP contribution is 2.15. The van der Waals surface area contributed by atoms with Crippen LogP contribution in [0.3, 0.4) is 0 Å². The third-order valence-corrected chi connectivity index (χ3v) is 3.45. The van der Waals surface area contributed by atoms with Gasteiger partial charge in [-0.2, -0.15) is 0 Å². The first-order valence-electron chi connectivity index (χ1n) is 6.90. The molecule has 0 bridgehead atoms. The van der Waals surface area contributed by atoms with E-state index in [0.717, 1.165) is 19.6 Å². The van der Waals surface area contributed by atoms with E-state index < -0.39 is 0 Å². The average Bonchev–Trinajstić information content (AvgIpc) is 2.84. The zero-order valence-corrected chi connectivity index (χ0v) is 10.9. The summed E-state index contributed by atoms with van der Waals surface area (Å²) in [4.78, 5) is 2.57. The molecule has 0 radical (unpaired) electrons. The lowest BCUT2D eigenvalue weighted by molar-refractivity contribution is 0.330. The van der Waals surface area contributed by atoms with Crippen LogP contribution in [0.5, 0.6) is 0 Å². The van der Waals surface area contributed by atoms with Crippen molar-refractivity contribution in [2.75, 3.05) is 19.6 Å². The van der Waals surface area contributed by atoms with Gasteiger partial charge in [0.05, 0.1) is 0 Å². The van der Waals surface area contributed by atoms with Crippen LogP contribution in [0, 0.1) is 0 Å². The van der Waals surface area contributed by atoms with E-state index in [-0.39, 0.29) is 0 Å². The highest BCUT2D eigenvalue weighted by Gasteiger charge is 2.13. The predicted molar refractivity (Wildman–Crippen MR) is 73.0 cm³/mol. The first-order valence-corrected chi connectivity index (χ1v) is 6.90. The normalized spacial score (nSPS) is 16.5. The van der Waals surface area contributed by atoms with Crippen LogP contribution in [-0.4, -0.2) is 24.5 Å². The molecule has 1 N–H and O–H groups in total. The molecule has 2 nitrogen and oxygen atoms in total. The minimum Gasteiger partial charge on any atom is -0.313 e. The zero-order chi connectivity index (χ0) is 11.9. The Kier molecular flexibility index (Phi) is 5.02. The van der Waals surface area contributed by atoms with Gasteiger partial charge in [-0.3, -0.25) is 4.90 Å². The second-order valence-electron chi connectivity index (χ2n) is 4.93. The first-order chi connectivity index (χ1) is 8.40. The van der Waals surface area contributed by atoms with Gasteiger partial charge in [-0.15, -0.1) is 0 Å². The summed E-state index contributed by atoms with van der Waals surface area (Å²) in [6, 6.07) is 8.85. The monoisotopic (exact) mass is 232 g/mol. The fourth-order valence-electron chi connectivity index (χ4n) is 2.47. The number of nitrogens with one attached hydrogen (secondary N) is 1. The van der Waals surface area contributed by atoms with Crippen molar-refractivity contribution in [1.29, 1.82) is 0 Å². The Morgan fingerprint density at radius 1 is 1.12 bits per heavy atom. The maximum Gasteiger partial charge on any atom is 0.0236 e. The summed E-state index contributed by atoms with van der Waals surface area (Å²) in [5, 5.41) is 3.50. The second-order valence-corrected chi connectivity index (χ2v) is 4.93. The first kappa shape index (κ1) is 12.6. The van der Waals surface area contributed by atoms with E-state index in [1.54, 1.807) is 0 Å². The molecule has 17 heavy (non-hydrogen) atoms. The Balaban J connectivity index is 1.94. The number of rotatable bonds is 6. The van der Waals surface area contributed by atoms with Crippen LogP contribution < -0.4 is 5.32 Å². The van der Waals surface area contributed by atoms with Crippen LogP contribution in [0.15, 0.2) is 24.3 Å². The maximum atomic E-state index is 3.50. The molecule has 0 atom stereocenters. The minimum absolute atomic E-state index is 1.01. The lowest BCUT2D eigenvalue weighted by Gasteiger charge is -2.17. The second kappa shape index (κ2) is 6.77. The standard InChI is InChI=1S/C15H24N2/c1-2-9-16-12-14-7-3-4-8-15(14)13-17-10-5-6-11-17/h3-4,7-8,16H,2,5-6,9-13H2,1H3. The molecule has 1 heterocycles. The molecule has 2 heteroatoms. The Morgan fingerprint density at radius 2 is 1.82 bits per heavy atom. The van der Waals surface area contributed by atoms with Gasteiger partial charge in [0.25, 0.3) is 0 Å². The maximum absolute atomic E-state index is 3.50. The van der Waals surface area contributed by atoms with Crippen molar-refractivity contribution in [2.24, 2.45) is 0 Å². The van der Waals surface area contributed by atoms with Gasteiger partial charge in [0.2, 0.25) is 0 Å². The average molecular weight is 232 g/mol.